The predicted octanol–water partition coefficient (Wildman–Crippen LogP) is 5.57. The van der Waals surface area contributed by atoms with Crippen LogP contribution in [0.15, 0.2) is 121 Å². The molecule has 0 aliphatic carbocycles. The summed E-state index contributed by atoms with van der Waals surface area (Å²) in [5.41, 5.74) is 0. The van der Waals surface area contributed by atoms with Crippen LogP contribution in [0.5, 0.6) is 23.0 Å². The van der Waals surface area contributed by atoms with Crippen LogP contribution in [0.3, 0.4) is 0 Å². The van der Waals surface area contributed by atoms with Crippen LogP contribution in [-0.4, -0.2) is 20.4 Å². The maximum atomic E-state index is 8.63. The van der Waals surface area contributed by atoms with E-state index < -0.39 is 0 Å². The minimum absolute atomic E-state index is 0. The summed E-state index contributed by atoms with van der Waals surface area (Å²) in [5.74, 6) is 1.29. The van der Waals surface area contributed by atoms with Crippen molar-refractivity contribution in [2.75, 3.05) is 0 Å². The standard InChI is InChI=1S/4C6H6O.Ti/c4*7-6-4-2-1-3-5-6;/h4*1-5,7H;. The summed E-state index contributed by atoms with van der Waals surface area (Å²) in [6.45, 7) is 0. The van der Waals surface area contributed by atoms with Gasteiger partial charge in [-0.05, 0) is 48.5 Å². The Morgan fingerprint density at radius 1 is 0.276 bits per heavy atom. The van der Waals surface area contributed by atoms with Crippen molar-refractivity contribution < 1.29 is 42.1 Å². The molecule has 0 amide bonds. The zero-order valence-corrected chi connectivity index (χ0v) is 17.4. The molecule has 0 saturated heterocycles. The van der Waals surface area contributed by atoms with E-state index in [2.05, 4.69) is 0 Å². The Balaban J connectivity index is 0.000000356. The van der Waals surface area contributed by atoms with E-state index in [0.29, 0.717) is 23.0 Å². The zero-order chi connectivity index (χ0) is 20.5. The molecule has 4 rings (SSSR count). The molecule has 0 atom stereocenters. The van der Waals surface area contributed by atoms with E-state index in [1.165, 1.54) is 0 Å². The van der Waals surface area contributed by atoms with Gasteiger partial charge in [0, 0.05) is 21.7 Å². The summed E-state index contributed by atoms with van der Waals surface area (Å²) in [6.07, 6.45) is 0. The predicted molar refractivity (Wildman–Crippen MR) is 112 cm³/mol. The fourth-order valence-electron chi connectivity index (χ4n) is 1.71. The molecule has 148 valence electrons. The second kappa shape index (κ2) is 16.9. The van der Waals surface area contributed by atoms with Crippen molar-refractivity contribution in [3.63, 3.8) is 0 Å². The topological polar surface area (TPSA) is 80.9 Å². The van der Waals surface area contributed by atoms with Crippen molar-refractivity contribution in [1.82, 2.24) is 0 Å². The average Bonchev–Trinajstić information content (AvgIpc) is 2.72. The van der Waals surface area contributed by atoms with Crippen LogP contribution in [0.25, 0.3) is 0 Å². The first-order valence-corrected chi connectivity index (χ1v) is 8.54. The second-order valence-corrected chi connectivity index (χ2v) is 5.34. The van der Waals surface area contributed by atoms with Crippen molar-refractivity contribution in [3.05, 3.63) is 121 Å². The Bertz CT molecular complexity index is 693. The molecule has 0 bridgehead atoms. The Morgan fingerprint density at radius 3 is 0.483 bits per heavy atom. The number of aromatic hydroxyl groups is 4. The molecule has 0 aliphatic heterocycles. The van der Waals surface area contributed by atoms with E-state index in [1.54, 1.807) is 97.1 Å². The fraction of sp³-hybridized carbons (Fsp3) is 0. The largest absolute Gasteiger partial charge is 0.508 e. The van der Waals surface area contributed by atoms with Crippen LogP contribution in [0.2, 0.25) is 0 Å². The van der Waals surface area contributed by atoms with Crippen molar-refractivity contribution in [2.24, 2.45) is 0 Å². The van der Waals surface area contributed by atoms with Gasteiger partial charge in [0.2, 0.25) is 0 Å². The Labute approximate surface area is 186 Å². The van der Waals surface area contributed by atoms with Gasteiger partial charge in [0.25, 0.3) is 0 Å². The zero-order valence-electron chi connectivity index (χ0n) is 15.8. The van der Waals surface area contributed by atoms with E-state index in [1.807, 2.05) is 24.3 Å². The van der Waals surface area contributed by atoms with Gasteiger partial charge < -0.3 is 20.4 Å². The smallest absolute Gasteiger partial charge is 0.115 e. The molecule has 0 heterocycles. The van der Waals surface area contributed by atoms with Crippen molar-refractivity contribution in [2.45, 2.75) is 0 Å². The molecular weight excluding hydrogens is 400 g/mol. The van der Waals surface area contributed by atoms with Crippen LogP contribution in [0.4, 0.5) is 0 Å². The molecule has 0 fully saturated rings. The van der Waals surface area contributed by atoms with Gasteiger partial charge in [0.1, 0.15) is 23.0 Å². The van der Waals surface area contributed by atoms with Gasteiger partial charge >= 0.3 is 0 Å². The van der Waals surface area contributed by atoms with Gasteiger partial charge in [-0.2, -0.15) is 0 Å². The molecule has 4 nitrogen and oxygen atoms in total. The number of rotatable bonds is 0. The monoisotopic (exact) mass is 424 g/mol. The molecule has 4 N–H and O–H groups in total. The molecular formula is C24H24O4Ti. The van der Waals surface area contributed by atoms with Gasteiger partial charge in [-0.15, -0.1) is 0 Å². The van der Waals surface area contributed by atoms with Crippen molar-refractivity contribution in [3.8, 4) is 23.0 Å². The summed E-state index contributed by atoms with van der Waals surface area (Å²) < 4.78 is 0. The minimum Gasteiger partial charge on any atom is -0.508 e. The van der Waals surface area contributed by atoms with Crippen LogP contribution in [0, 0.1) is 0 Å². The molecule has 0 unspecified atom stereocenters. The third-order valence-corrected chi connectivity index (χ3v) is 3.02. The van der Waals surface area contributed by atoms with E-state index in [9.17, 15) is 0 Å². The number of hydrogen-bond acceptors (Lipinski definition) is 4. The summed E-state index contributed by atoms with van der Waals surface area (Å²) >= 11 is 0. The number of benzene rings is 4. The summed E-state index contributed by atoms with van der Waals surface area (Å²) in [4.78, 5) is 0. The molecule has 0 saturated carbocycles. The summed E-state index contributed by atoms with van der Waals surface area (Å²) in [7, 11) is 0. The minimum atomic E-state index is 0. The third kappa shape index (κ3) is 15.5. The summed E-state index contributed by atoms with van der Waals surface area (Å²) in [6, 6.07) is 34.9. The number of phenolic OH excluding ortho intramolecular Hbond substituents is 4. The first kappa shape index (κ1) is 25.8. The average molecular weight is 424 g/mol. The SMILES string of the molecule is Oc1ccccc1.Oc1ccccc1.Oc1ccccc1.Oc1ccccc1.[Ti]. The molecule has 0 aliphatic rings. The van der Waals surface area contributed by atoms with Gasteiger partial charge in [0.15, 0.2) is 0 Å². The maximum Gasteiger partial charge on any atom is 0.115 e. The Kier molecular flexibility index (Phi) is 15.1. The van der Waals surface area contributed by atoms with Crippen LogP contribution >= 0.6 is 0 Å². The second-order valence-electron chi connectivity index (χ2n) is 5.34. The molecule has 0 radical (unpaired) electrons. The first-order chi connectivity index (χ1) is 13.6. The number of para-hydroxylation sites is 4. The van der Waals surface area contributed by atoms with Crippen molar-refractivity contribution in [1.29, 1.82) is 0 Å². The van der Waals surface area contributed by atoms with Crippen LogP contribution in [0.1, 0.15) is 0 Å². The molecule has 4 aromatic carbocycles. The molecule has 29 heavy (non-hydrogen) atoms. The molecule has 0 spiro atoms. The summed E-state index contributed by atoms with van der Waals surface area (Å²) in [5, 5.41) is 34.5. The van der Waals surface area contributed by atoms with Gasteiger partial charge in [-0.25, -0.2) is 0 Å². The number of phenols is 4. The molecule has 0 aromatic heterocycles. The van der Waals surface area contributed by atoms with Crippen LogP contribution in [-0.2, 0) is 21.7 Å². The van der Waals surface area contributed by atoms with Gasteiger partial charge in [0.05, 0.1) is 0 Å². The quantitative estimate of drug-likeness (QED) is 0.279. The Hall–Kier alpha value is -3.21. The third-order valence-electron chi connectivity index (χ3n) is 3.02. The van der Waals surface area contributed by atoms with E-state index >= 15 is 0 Å². The van der Waals surface area contributed by atoms with E-state index in [4.69, 9.17) is 20.4 Å². The van der Waals surface area contributed by atoms with E-state index in [0.717, 1.165) is 0 Å². The normalized spacial score (nSPS) is 8.28. The Morgan fingerprint density at radius 2 is 0.414 bits per heavy atom. The molecule has 5 heteroatoms. The molecule has 4 aromatic rings. The first-order valence-electron chi connectivity index (χ1n) is 8.54. The van der Waals surface area contributed by atoms with Gasteiger partial charge in [-0.1, -0.05) is 72.8 Å². The van der Waals surface area contributed by atoms with E-state index in [-0.39, 0.29) is 21.7 Å². The van der Waals surface area contributed by atoms with Crippen molar-refractivity contribution >= 4 is 0 Å². The fourth-order valence-corrected chi connectivity index (χ4v) is 1.71. The van der Waals surface area contributed by atoms with Crippen LogP contribution < -0.4 is 0 Å². The number of hydrogen-bond donors (Lipinski definition) is 4. The van der Waals surface area contributed by atoms with Gasteiger partial charge in [-0.3, -0.25) is 0 Å². The maximum absolute atomic E-state index is 8.63.